The molecule has 0 aliphatic rings. The van der Waals surface area contributed by atoms with Gasteiger partial charge in [0.05, 0.1) is 0 Å². The molecule has 1 unspecified atom stereocenters. The highest BCUT2D eigenvalue weighted by molar-refractivity contribution is 5.83. The molecular formula is C10H19NO. The molecule has 0 spiro atoms. The predicted molar refractivity (Wildman–Crippen MR) is 51.8 cm³/mol. The highest BCUT2D eigenvalue weighted by Gasteiger charge is 2.19. The van der Waals surface area contributed by atoms with Crippen LogP contribution in [0.15, 0.2) is 12.2 Å². The molecule has 0 fully saturated rings. The fraction of sp³-hybridized carbons (Fsp3) is 0.700. The Balaban J connectivity index is 4.12. The van der Waals surface area contributed by atoms with E-state index >= 15 is 0 Å². The zero-order chi connectivity index (χ0) is 9.72. The molecule has 0 radical (unpaired) electrons. The Morgan fingerprint density at radius 1 is 1.50 bits per heavy atom. The topological polar surface area (TPSA) is 43.1 Å². The number of nitrogens with two attached hydrogens (primary N) is 1. The number of carbonyl (C=O) groups excluding carboxylic acids is 1. The number of hydrogen-bond donors (Lipinski definition) is 1. The Bertz CT molecular complexity index is 173. The third-order valence-corrected chi connectivity index (χ3v) is 1.95. The van der Waals surface area contributed by atoms with Crippen LogP contribution in [0.25, 0.3) is 0 Å². The zero-order valence-corrected chi connectivity index (χ0v) is 8.26. The highest BCUT2D eigenvalue weighted by Crippen LogP contribution is 2.14. The van der Waals surface area contributed by atoms with E-state index in [1.807, 2.05) is 20.8 Å². The Morgan fingerprint density at radius 3 is 2.25 bits per heavy atom. The van der Waals surface area contributed by atoms with E-state index in [2.05, 4.69) is 6.58 Å². The molecule has 1 atom stereocenters. The molecular weight excluding hydrogens is 150 g/mol. The fourth-order valence-corrected chi connectivity index (χ4v) is 1.20. The van der Waals surface area contributed by atoms with Gasteiger partial charge in [0.2, 0.25) is 0 Å². The number of carbonyl (C=O) groups is 1. The van der Waals surface area contributed by atoms with Crippen LogP contribution in [0.2, 0.25) is 0 Å². The summed E-state index contributed by atoms with van der Waals surface area (Å²) in [4.78, 5) is 11.5. The van der Waals surface area contributed by atoms with Crippen LogP contribution in [0.5, 0.6) is 0 Å². The molecule has 0 saturated carbocycles. The van der Waals surface area contributed by atoms with Gasteiger partial charge in [0.1, 0.15) is 5.78 Å². The lowest BCUT2D eigenvalue weighted by Gasteiger charge is -2.17. The van der Waals surface area contributed by atoms with Gasteiger partial charge in [0.25, 0.3) is 0 Å². The number of allylic oxidation sites excluding steroid dienone is 1. The summed E-state index contributed by atoms with van der Waals surface area (Å²) < 4.78 is 0. The van der Waals surface area contributed by atoms with Crippen LogP contribution in [0.1, 0.15) is 27.2 Å². The highest BCUT2D eigenvalue weighted by atomic mass is 16.1. The smallest absolute Gasteiger partial charge is 0.141 e. The van der Waals surface area contributed by atoms with Crippen LogP contribution in [0, 0.1) is 11.8 Å². The molecule has 0 bridgehead atoms. The van der Waals surface area contributed by atoms with Gasteiger partial charge in [-0.05, 0) is 12.8 Å². The van der Waals surface area contributed by atoms with Gasteiger partial charge in [-0.3, -0.25) is 4.79 Å². The van der Waals surface area contributed by atoms with Gasteiger partial charge in [-0.2, -0.15) is 0 Å². The van der Waals surface area contributed by atoms with Crippen LogP contribution in [0.4, 0.5) is 0 Å². The minimum absolute atomic E-state index is 0.00157. The zero-order valence-electron chi connectivity index (χ0n) is 8.26. The van der Waals surface area contributed by atoms with E-state index in [1.165, 1.54) is 0 Å². The van der Waals surface area contributed by atoms with Gasteiger partial charge in [-0.25, -0.2) is 0 Å². The van der Waals surface area contributed by atoms with Crippen LogP contribution in [0.3, 0.4) is 0 Å². The van der Waals surface area contributed by atoms with Gasteiger partial charge in [-0.1, -0.05) is 26.0 Å². The van der Waals surface area contributed by atoms with Crippen molar-refractivity contribution in [2.45, 2.75) is 27.2 Å². The minimum atomic E-state index is 0.00157. The maximum atomic E-state index is 11.5. The third kappa shape index (κ3) is 3.67. The van der Waals surface area contributed by atoms with Crippen LogP contribution in [-0.2, 0) is 4.79 Å². The second-order valence-corrected chi connectivity index (χ2v) is 3.69. The SMILES string of the molecule is C=C(C)CC(=O)C(CN)C(C)C. The predicted octanol–water partition coefficient (Wildman–Crippen LogP) is 1.75. The third-order valence-electron chi connectivity index (χ3n) is 1.95. The summed E-state index contributed by atoms with van der Waals surface area (Å²) in [5.41, 5.74) is 6.42. The first-order chi connectivity index (χ1) is 5.49. The molecule has 0 saturated heterocycles. The molecule has 0 aromatic carbocycles. The number of ketones is 1. The summed E-state index contributed by atoms with van der Waals surface area (Å²) >= 11 is 0. The van der Waals surface area contributed by atoms with Crippen molar-refractivity contribution in [2.75, 3.05) is 6.54 Å². The molecule has 2 nitrogen and oxygen atoms in total. The molecule has 0 rings (SSSR count). The first-order valence-corrected chi connectivity index (χ1v) is 4.36. The van der Waals surface area contributed by atoms with E-state index in [9.17, 15) is 4.79 Å². The first kappa shape index (κ1) is 11.4. The minimum Gasteiger partial charge on any atom is -0.330 e. The van der Waals surface area contributed by atoms with Gasteiger partial charge in [-0.15, -0.1) is 0 Å². The van der Waals surface area contributed by atoms with Crippen molar-refractivity contribution in [2.24, 2.45) is 17.6 Å². The quantitative estimate of drug-likeness (QED) is 0.637. The monoisotopic (exact) mass is 169 g/mol. The maximum Gasteiger partial charge on any atom is 0.141 e. The summed E-state index contributed by atoms with van der Waals surface area (Å²) in [6, 6.07) is 0. The lowest BCUT2D eigenvalue weighted by Crippen LogP contribution is -2.28. The van der Waals surface area contributed by atoms with Crippen molar-refractivity contribution in [3.63, 3.8) is 0 Å². The molecule has 0 aliphatic carbocycles. The van der Waals surface area contributed by atoms with Crippen molar-refractivity contribution >= 4 is 5.78 Å². The standard InChI is InChI=1S/C10H19NO/c1-7(2)5-10(12)9(6-11)8(3)4/h8-9H,1,5-6,11H2,2-4H3. The first-order valence-electron chi connectivity index (χ1n) is 4.36. The van der Waals surface area contributed by atoms with Crippen molar-refractivity contribution in [3.8, 4) is 0 Å². The summed E-state index contributed by atoms with van der Waals surface area (Å²) in [6.45, 7) is 10.1. The van der Waals surface area contributed by atoms with Gasteiger partial charge < -0.3 is 5.73 Å². The normalized spacial score (nSPS) is 13.1. The van der Waals surface area contributed by atoms with Crippen molar-refractivity contribution in [1.82, 2.24) is 0 Å². The summed E-state index contributed by atoms with van der Waals surface area (Å²) in [7, 11) is 0. The number of Topliss-reactive ketones (excluding diaryl/α,β-unsaturated/α-hetero) is 1. The van der Waals surface area contributed by atoms with E-state index in [4.69, 9.17) is 5.73 Å². The lowest BCUT2D eigenvalue weighted by molar-refractivity contribution is -0.123. The van der Waals surface area contributed by atoms with E-state index in [0.717, 1.165) is 5.57 Å². The Hall–Kier alpha value is -0.630. The van der Waals surface area contributed by atoms with Gasteiger partial charge >= 0.3 is 0 Å². The Kier molecular flexibility index (Phi) is 4.83. The average molecular weight is 169 g/mol. The van der Waals surface area contributed by atoms with E-state index in [-0.39, 0.29) is 11.7 Å². The van der Waals surface area contributed by atoms with Crippen molar-refractivity contribution in [3.05, 3.63) is 12.2 Å². The fourth-order valence-electron chi connectivity index (χ4n) is 1.20. The molecule has 70 valence electrons. The molecule has 12 heavy (non-hydrogen) atoms. The molecule has 0 aromatic heterocycles. The molecule has 0 aromatic rings. The summed E-state index contributed by atoms with van der Waals surface area (Å²) in [5.74, 6) is 0.559. The van der Waals surface area contributed by atoms with E-state index < -0.39 is 0 Å². The Morgan fingerprint density at radius 2 is 2.00 bits per heavy atom. The summed E-state index contributed by atoms with van der Waals surface area (Å²) in [5, 5.41) is 0. The van der Waals surface area contributed by atoms with E-state index in [1.54, 1.807) is 0 Å². The second-order valence-electron chi connectivity index (χ2n) is 3.69. The number of rotatable bonds is 5. The van der Waals surface area contributed by atoms with Gasteiger partial charge in [0, 0.05) is 18.9 Å². The van der Waals surface area contributed by atoms with Crippen LogP contribution < -0.4 is 5.73 Å². The van der Waals surface area contributed by atoms with Crippen LogP contribution in [-0.4, -0.2) is 12.3 Å². The lowest BCUT2D eigenvalue weighted by atomic mass is 9.89. The summed E-state index contributed by atoms with van der Waals surface area (Å²) in [6.07, 6.45) is 0.472. The van der Waals surface area contributed by atoms with E-state index in [0.29, 0.717) is 18.9 Å². The van der Waals surface area contributed by atoms with Crippen molar-refractivity contribution < 1.29 is 4.79 Å². The molecule has 2 N–H and O–H groups in total. The average Bonchev–Trinajstić information content (AvgIpc) is 1.85. The molecule has 0 aliphatic heterocycles. The van der Waals surface area contributed by atoms with Crippen molar-refractivity contribution in [1.29, 1.82) is 0 Å². The molecule has 2 heteroatoms. The second kappa shape index (κ2) is 5.09. The number of hydrogen-bond acceptors (Lipinski definition) is 2. The maximum absolute atomic E-state index is 11.5. The molecule has 0 heterocycles. The van der Waals surface area contributed by atoms with Gasteiger partial charge in [0.15, 0.2) is 0 Å². The molecule has 0 amide bonds. The van der Waals surface area contributed by atoms with Crippen LogP contribution >= 0.6 is 0 Å². The largest absolute Gasteiger partial charge is 0.330 e. The Labute approximate surface area is 74.8 Å².